The summed E-state index contributed by atoms with van der Waals surface area (Å²) in [6, 6.07) is 0. The van der Waals surface area contributed by atoms with Crippen LogP contribution in [0.3, 0.4) is 0 Å². The van der Waals surface area contributed by atoms with E-state index < -0.39 is 5.91 Å². The Labute approximate surface area is 70.7 Å². The lowest BCUT2D eigenvalue weighted by molar-refractivity contribution is -0.112. The van der Waals surface area contributed by atoms with Crippen molar-refractivity contribution in [2.75, 3.05) is 0 Å². The first-order chi connectivity index (χ1) is 5.65. The molecule has 1 amide bonds. The molecule has 0 aliphatic rings. The number of rotatable bonds is 2. The number of carbonyl (C=O) groups is 1. The number of amides is 1. The standard InChI is InChI=1S/C8H11N3O/c1-3-7(8(9)12)6-4-10-11(2)5-6/h3-5H,1-2H3,(H2,9,12). The molecule has 0 atom stereocenters. The lowest BCUT2D eigenvalue weighted by Crippen LogP contribution is -2.12. The SMILES string of the molecule is CC=C(C(N)=O)c1cnn(C)c1. The van der Waals surface area contributed by atoms with E-state index >= 15 is 0 Å². The number of aryl methyl sites for hydroxylation is 1. The van der Waals surface area contributed by atoms with Crippen LogP contribution in [0.4, 0.5) is 0 Å². The highest BCUT2D eigenvalue weighted by Crippen LogP contribution is 2.11. The van der Waals surface area contributed by atoms with Crippen molar-refractivity contribution in [1.29, 1.82) is 0 Å². The maximum absolute atomic E-state index is 10.9. The molecule has 0 fully saturated rings. The molecule has 1 aromatic rings. The van der Waals surface area contributed by atoms with Gasteiger partial charge in [-0.1, -0.05) is 6.08 Å². The van der Waals surface area contributed by atoms with Gasteiger partial charge in [-0.15, -0.1) is 0 Å². The van der Waals surface area contributed by atoms with Crippen molar-refractivity contribution in [3.05, 3.63) is 24.0 Å². The molecule has 4 nitrogen and oxygen atoms in total. The van der Waals surface area contributed by atoms with Crippen LogP contribution in [0.2, 0.25) is 0 Å². The first kappa shape index (κ1) is 8.52. The molecule has 64 valence electrons. The van der Waals surface area contributed by atoms with E-state index in [0.29, 0.717) is 5.57 Å². The topological polar surface area (TPSA) is 60.9 Å². The lowest BCUT2D eigenvalue weighted by atomic mass is 10.1. The summed E-state index contributed by atoms with van der Waals surface area (Å²) >= 11 is 0. The predicted octanol–water partition coefficient (Wildman–Crippen LogP) is 0.309. The van der Waals surface area contributed by atoms with Crippen LogP contribution >= 0.6 is 0 Å². The van der Waals surface area contributed by atoms with Gasteiger partial charge in [-0.25, -0.2) is 0 Å². The Morgan fingerprint density at radius 1 is 1.75 bits per heavy atom. The highest BCUT2D eigenvalue weighted by Gasteiger charge is 2.07. The number of primary amides is 1. The van der Waals surface area contributed by atoms with Crippen LogP contribution in [0.1, 0.15) is 12.5 Å². The molecule has 0 saturated heterocycles. The predicted molar refractivity (Wildman–Crippen MR) is 46.1 cm³/mol. The molecule has 0 radical (unpaired) electrons. The Kier molecular flexibility index (Phi) is 2.28. The third-order valence-electron chi connectivity index (χ3n) is 1.57. The molecule has 1 aromatic heterocycles. The molecule has 0 aliphatic heterocycles. The second kappa shape index (κ2) is 3.21. The van der Waals surface area contributed by atoms with E-state index in [1.165, 1.54) is 0 Å². The third kappa shape index (κ3) is 1.53. The first-order valence-corrected chi connectivity index (χ1v) is 3.60. The highest BCUT2D eigenvalue weighted by molar-refractivity contribution is 6.18. The van der Waals surface area contributed by atoms with Gasteiger partial charge in [-0.3, -0.25) is 9.48 Å². The largest absolute Gasteiger partial charge is 0.366 e. The highest BCUT2D eigenvalue weighted by atomic mass is 16.1. The Balaban J connectivity index is 3.04. The molecule has 2 N–H and O–H groups in total. The quantitative estimate of drug-likeness (QED) is 0.641. The molecular weight excluding hydrogens is 154 g/mol. The summed E-state index contributed by atoms with van der Waals surface area (Å²) in [5, 5.41) is 3.94. The Morgan fingerprint density at radius 2 is 2.42 bits per heavy atom. The number of hydrogen-bond donors (Lipinski definition) is 1. The van der Waals surface area contributed by atoms with Gasteiger partial charge in [0.05, 0.1) is 6.20 Å². The molecule has 1 rings (SSSR count). The minimum Gasteiger partial charge on any atom is -0.366 e. The van der Waals surface area contributed by atoms with Crippen molar-refractivity contribution in [2.45, 2.75) is 6.92 Å². The molecule has 0 saturated carbocycles. The van der Waals surface area contributed by atoms with Crippen molar-refractivity contribution in [2.24, 2.45) is 12.8 Å². The molecule has 4 heteroatoms. The fraction of sp³-hybridized carbons (Fsp3) is 0.250. The van der Waals surface area contributed by atoms with Crippen LogP contribution < -0.4 is 5.73 Å². The number of aromatic nitrogens is 2. The van der Waals surface area contributed by atoms with Crippen LogP contribution in [0, 0.1) is 0 Å². The molecule has 0 unspecified atom stereocenters. The molecule has 0 spiro atoms. The van der Waals surface area contributed by atoms with Crippen LogP contribution in [-0.2, 0) is 11.8 Å². The Morgan fingerprint density at radius 3 is 2.75 bits per heavy atom. The minimum atomic E-state index is -0.425. The lowest BCUT2D eigenvalue weighted by Gasteiger charge is -1.95. The summed E-state index contributed by atoms with van der Waals surface area (Å²) < 4.78 is 1.63. The summed E-state index contributed by atoms with van der Waals surface area (Å²) in [4.78, 5) is 10.9. The van der Waals surface area contributed by atoms with Gasteiger partial charge in [0.25, 0.3) is 0 Å². The summed E-state index contributed by atoms with van der Waals surface area (Å²) in [5.74, 6) is -0.425. The fourth-order valence-corrected chi connectivity index (χ4v) is 1.01. The average molecular weight is 165 g/mol. The molecule has 1 heterocycles. The molecule has 0 aliphatic carbocycles. The zero-order valence-electron chi connectivity index (χ0n) is 7.11. The van der Waals surface area contributed by atoms with E-state index in [4.69, 9.17) is 5.73 Å². The van der Waals surface area contributed by atoms with Gasteiger partial charge in [-0.2, -0.15) is 5.10 Å². The van der Waals surface area contributed by atoms with Crippen LogP contribution in [0.25, 0.3) is 5.57 Å². The van der Waals surface area contributed by atoms with Crippen molar-refractivity contribution >= 4 is 11.5 Å². The Bertz CT molecular complexity index is 325. The van der Waals surface area contributed by atoms with Gasteiger partial charge in [-0.05, 0) is 6.92 Å². The van der Waals surface area contributed by atoms with E-state index in [1.807, 2.05) is 0 Å². The normalized spacial score (nSPS) is 11.7. The van der Waals surface area contributed by atoms with Crippen molar-refractivity contribution in [1.82, 2.24) is 9.78 Å². The first-order valence-electron chi connectivity index (χ1n) is 3.60. The van der Waals surface area contributed by atoms with Crippen LogP contribution in [0.15, 0.2) is 18.5 Å². The second-order valence-corrected chi connectivity index (χ2v) is 2.47. The molecule has 0 bridgehead atoms. The zero-order valence-corrected chi connectivity index (χ0v) is 7.11. The van der Waals surface area contributed by atoms with Crippen LogP contribution in [-0.4, -0.2) is 15.7 Å². The average Bonchev–Trinajstić information content (AvgIpc) is 2.37. The fourth-order valence-electron chi connectivity index (χ4n) is 1.01. The smallest absolute Gasteiger partial charge is 0.249 e. The number of carbonyl (C=O) groups excluding carboxylic acids is 1. The third-order valence-corrected chi connectivity index (χ3v) is 1.57. The van der Waals surface area contributed by atoms with Crippen LogP contribution in [0.5, 0.6) is 0 Å². The van der Waals surface area contributed by atoms with E-state index in [9.17, 15) is 4.79 Å². The van der Waals surface area contributed by atoms with Gasteiger partial charge in [0.1, 0.15) is 0 Å². The van der Waals surface area contributed by atoms with Gasteiger partial charge in [0.15, 0.2) is 0 Å². The number of nitrogens with zero attached hydrogens (tertiary/aromatic N) is 2. The summed E-state index contributed by atoms with van der Waals surface area (Å²) in [7, 11) is 1.79. The minimum absolute atomic E-state index is 0.425. The zero-order chi connectivity index (χ0) is 9.14. The van der Waals surface area contributed by atoms with Gasteiger partial charge >= 0.3 is 0 Å². The molecule has 12 heavy (non-hydrogen) atoms. The maximum Gasteiger partial charge on any atom is 0.249 e. The number of nitrogens with two attached hydrogens (primary N) is 1. The van der Waals surface area contributed by atoms with Gasteiger partial charge < -0.3 is 5.73 Å². The van der Waals surface area contributed by atoms with Crippen molar-refractivity contribution in [3.8, 4) is 0 Å². The van der Waals surface area contributed by atoms with Gasteiger partial charge in [0.2, 0.25) is 5.91 Å². The summed E-state index contributed by atoms with van der Waals surface area (Å²) in [6.07, 6.45) is 5.04. The monoisotopic (exact) mass is 165 g/mol. The van der Waals surface area contributed by atoms with Crippen molar-refractivity contribution in [3.63, 3.8) is 0 Å². The molecule has 0 aromatic carbocycles. The maximum atomic E-state index is 10.9. The van der Waals surface area contributed by atoms with E-state index in [0.717, 1.165) is 5.56 Å². The van der Waals surface area contributed by atoms with Gasteiger partial charge in [0, 0.05) is 24.4 Å². The summed E-state index contributed by atoms with van der Waals surface area (Å²) in [6.45, 7) is 1.77. The number of allylic oxidation sites excluding steroid dienone is 1. The van der Waals surface area contributed by atoms with E-state index in [1.54, 1.807) is 37.1 Å². The summed E-state index contributed by atoms with van der Waals surface area (Å²) in [5.41, 5.74) is 6.40. The Hall–Kier alpha value is -1.58. The van der Waals surface area contributed by atoms with Crippen molar-refractivity contribution < 1.29 is 4.79 Å². The number of hydrogen-bond acceptors (Lipinski definition) is 2. The van der Waals surface area contributed by atoms with E-state index in [2.05, 4.69) is 5.10 Å². The molecular formula is C8H11N3O. The second-order valence-electron chi connectivity index (χ2n) is 2.47. The van der Waals surface area contributed by atoms with E-state index in [-0.39, 0.29) is 0 Å².